The van der Waals surface area contributed by atoms with Gasteiger partial charge in [0.1, 0.15) is 12.6 Å². The van der Waals surface area contributed by atoms with E-state index in [4.69, 9.17) is 0 Å². The number of quaternary nitrogens is 1. The van der Waals surface area contributed by atoms with Crippen LogP contribution in [0.2, 0.25) is 0 Å². The molecule has 0 amide bonds. The van der Waals surface area contributed by atoms with E-state index < -0.39 is 12.1 Å². The van der Waals surface area contributed by atoms with Crippen molar-refractivity contribution in [3.05, 3.63) is 0 Å². The number of rotatable bonds is 6. The van der Waals surface area contributed by atoms with E-state index in [0.717, 1.165) is 0 Å². The van der Waals surface area contributed by atoms with Gasteiger partial charge in [-0.3, -0.25) is 4.79 Å². The molecule has 0 aliphatic carbocycles. The third-order valence-corrected chi connectivity index (χ3v) is 1.50. The lowest BCUT2D eigenvalue weighted by atomic mass is 10.2. The topological polar surface area (TPSA) is 55.8 Å². The van der Waals surface area contributed by atoms with Crippen LogP contribution in [-0.2, 0) is 14.3 Å². The SMILES string of the molecule is COCOC(=O)C[C@@H](O)C[N+](C)(C)C. The lowest BCUT2D eigenvalue weighted by molar-refractivity contribution is -0.873. The summed E-state index contributed by atoms with van der Waals surface area (Å²) < 4.78 is 9.82. The second-order valence-electron chi connectivity index (χ2n) is 4.25. The average Bonchev–Trinajstić information content (AvgIpc) is 1.96. The summed E-state index contributed by atoms with van der Waals surface area (Å²) in [4.78, 5) is 11.0. The summed E-state index contributed by atoms with van der Waals surface area (Å²) in [6.07, 6.45) is -0.654. The number of methoxy groups -OCH3 is 1. The van der Waals surface area contributed by atoms with Crippen molar-refractivity contribution in [1.29, 1.82) is 0 Å². The van der Waals surface area contributed by atoms with E-state index in [1.54, 1.807) is 0 Å². The lowest BCUT2D eigenvalue weighted by Crippen LogP contribution is -2.42. The maximum atomic E-state index is 11.0. The highest BCUT2D eigenvalue weighted by Gasteiger charge is 2.19. The molecule has 0 unspecified atom stereocenters. The van der Waals surface area contributed by atoms with Gasteiger partial charge in [-0.05, 0) is 0 Å². The first-order chi connectivity index (χ1) is 6.35. The highest BCUT2D eigenvalue weighted by molar-refractivity contribution is 5.69. The number of nitrogens with zero attached hydrogens (tertiary/aromatic N) is 1. The molecular weight excluding hydrogens is 186 g/mol. The Bertz CT molecular complexity index is 176. The molecule has 84 valence electrons. The lowest BCUT2D eigenvalue weighted by Gasteiger charge is -2.26. The summed E-state index contributed by atoms with van der Waals surface area (Å²) in [5.74, 6) is -0.437. The maximum absolute atomic E-state index is 11.0. The largest absolute Gasteiger partial charge is 0.438 e. The highest BCUT2D eigenvalue weighted by atomic mass is 16.7. The van der Waals surface area contributed by atoms with Crippen LogP contribution < -0.4 is 0 Å². The molecule has 0 rings (SSSR count). The van der Waals surface area contributed by atoms with Crippen LogP contribution in [0.3, 0.4) is 0 Å². The van der Waals surface area contributed by atoms with Crippen LogP contribution in [-0.4, -0.2) is 63.3 Å². The molecular formula is C9H20NO4+. The molecule has 0 aromatic rings. The molecule has 0 saturated heterocycles. The molecule has 0 spiro atoms. The minimum absolute atomic E-state index is 0.0128. The van der Waals surface area contributed by atoms with Crippen molar-refractivity contribution < 1.29 is 23.9 Å². The molecule has 0 heterocycles. The number of likely N-dealkylation sites (N-methyl/N-ethyl adjacent to an activating group) is 1. The number of esters is 1. The molecule has 5 nitrogen and oxygen atoms in total. The van der Waals surface area contributed by atoms with E-state index in [1.165, 1.54) is 7.11 Å². The predicted octanol–water partition coefficient (Wildman–Crippen LogP) is -0.409. The summed E-state index contributed by atoms with van der Waals surface area (Å²) in [5, 5.41) is 9.50. The molecule has 0 radical (unpaired) electrons. The molecule has 0 aliphatic heterocycles. The van der Waals surface area contributed by atoms with Crippen LogP contribution in [0.15, 0.2) is 0 Å². The quantitative estimate of drug-likeness (QED) is 0.365. The Morgan fingerprint density at radius 1 is 1.43 bits per heavy atom. The molecule has 1 N–H and O–H groups in total. The molecule has 0 bridgehead atoms. The molecule has 5 heteroatoms. The van der Waals surface area contributed by atoms with E-state index >= 15 is 0 Å². The molecule has 0 aliphatic rings. The van der Waals surface area contributed by atoms with Crippen molar-refractivity contribution >= 4 is 5.97 Å². The van der Waals surface area contributed by atoms with E-state index in [9.17, 15) is 9.90 Å². The first-order valence-corrected chi connectivity index (χ1v) is 4.48. The van der Waals surface area contributed by atoms with Gasteiger partial charge in [-0.2, -0.15) is 0 Å². The van der Waals surface area contributed by atoms with Crippen molar-refractivity contribution in [2.24, 2.45) is 0 Å². The van der Waals surface area contributed by atoms with Gasteiger partial charge >= 0.3 is 5.97 Å². The van der Waals surface area contributed by atoms with Gasteiger partial charge in [0, 0.05) is 7.11 Å². The smallest absolute Gasteiger partial charge is 0.310 e. The Labute approximate surface area is 84.8 Å². The van der Waals surface area contributed by atoms with Crippen molar-refractivity contribution in [2.75, 3.05) is 41.6 Å². The van der Waals surface area contributed by atoms with Crippen LogP contribution in [0, 0.1) is 0 Å². The molecule has 14 heavy (non-hydrogen) atoms. The fraction of sp³-hybridized carbons (Fsp3) is 0.889. The number of aliphatic hydroxyl groups is 1. The molecule has 0 aromatic carbocycles. The van der Waals surface area contributed by atoms with E-state index in [-0.39, 0.29) is 13.2 Å². The number of aliphatic hydroxyl groups excluding tert-OH is 1. The number of hydrogen-bond acceptors (Lipinski definition) is 4. The van der Waals surface area contributed by atoms with E-state index in [1.807, 2.05) is 21.1 Å². The van der Waals surface area contributed by atoms with Gasteiger partial charge in [0.25, 0.3) is 0 Å². The van der Waals surface area contributed by atoms with Gasteiger partial charge in [0.15, 0.2) is 6.79 Å². The Hall–Kier alpha value is -0.650. The Morgan fingerprint density at radius 2 is 2.00 bits per heavy atom. The van der Waals surface area contributed by atoms with Crippen molar-refractivity contribution in [3.8, 4) is 0 Å². The van der Waals surface area contributed by atoms with Gasteiger partial charge in [-0.1, -0.05) is 0 Å². The van der Waals surface area contributed by atoms with E-state index in [2.05, 4.69) is 9.47 Å². The Morgan fingerprint density at radius 3 is 2.43 bits per heavy atom. The summed E-state index contributed by atoms with van der Waals surface area (Å²) in [5.41, 5.74) is 0. The minimum Gasteiger partial charge on any atom is -0.438 e. The van der Waals surface area contributed by atoms with E-state index in [0.29, 0.717) is 11.0 Å². The predicted molar refractivity (Wildman–Crippen MR) is 51.5 cm³/mol. The van der Waals surface area contributed by atoms with Crippen molar-refractivity contribution in [1.82, 2.24) is 0 Å². The summed E-state index contributed by atoms with van der Waals surface area (Å²) >= 11 is 0. The van der Waals surface area contributed by atoms with Crippen LogP contribution in [0.1, 0.15) is 6.42 Å². The highest BCUT2D eigenvalue weighted by Crippen LogP contribution is 2.00. The van der Waals surface area contributed by atoms with Gasteiger partial charge in [-0.25, -0.2) is 0 Å². The number of hydrogen-bond donors (Lipinski definition) is 1. The number of carbonyl (C=O) groups excluding carboxylic acids is 1. The van der Waals surface area contributed by atoms with Gasteiger partial charge < -0.3 is 19.1 Å². The third-order valence-electron chi connectivity index (χ3n) is 1.50. The Kier molecular flexibility index (Phi) is 5.68. The van der Waals surface area contributed by atoms with Crippen molar-refractivity contribution in [3.63, 3.8) is 0 Å². The monoisotopic (exact) mass is 206 g/mol. The average molecular weight is 206 g/mol. The normalized spacial score (nSPS) is 13.8. The standard InChI is InChI=1S/C9H20NO4/c1-10(2,3)6-8(11)5-9(12)14-7-13-4/h8,11H,5-7H2,1-4H3/q+1/t8-/m1/s1. The zero-order valence-corrected chi connectivity index (χ0v) is 9.32. The van der Waals surface area contributed by atoms with Crippen LogP contribution in [0.25, 0.3) is 0 Å². The zero-order chi connectivity index (χ0) is 11.2. The zero-order valence-electron chi connectivity index (χ0n) is 9.32. The molecule has 0 saturated carbocycles. The Balaban J connectivity index is 3.71. The molecule has 0 aromatic heterocycles. The minimum atomic E-state index is -0.667. The first-order valence-electron chi connectivity index (χ1n) is 4.48. The second-order valence-corrected chi connectivity index (χ2v) is 4.25. The number of ether oxygens (including phenoxy) is 2. The summed E-state index contributed by atoms with van der Waals surface area (Å²) in [6.45, 7) is 0.456. The van der Waals surface area contributed by atoms with Crippen LogP contribution in [0.5, 0.6) is 0 Å². The molecule has 1 atom stereocenters. The molecule has 0 fully saturated rings. The summed E-state index contributed by atoms with van der Waals surface area (Å²) in [7, 11) is 7.28. The third kappa shape index (κ3) is 7.97. The summed E-state index contributed by atoms with van der Waals surface area (Å²) in [6, 6.07) is 0. The maximum Gasteiger partial charge on any atom is 0.310 e. The fourth-order valence-corrected chi connectivity index (χ4v) is 1.07. The van der Waals surface area contributed by atoms with Gasteiger partial charge in [0.2, 0.25) is 0 Å². The van der Waals surface area contributed by atoms with Crippen molar-refractivity contribution in [2.45, 2.75) is 12.5 Å². The van der Waals surface area contributed by atoms with Crippen LogP contribution in [0.4, 0.5) is 0 Å². The van der Waals surface area contributed by atoms with Gasteiger partial charge in [-0.15, -0.1) is 0 Å². The fourth-order valence-electron chi connectivity index (χ4n) is 1.07. The number of carbonyl (C=O) groups is 1. The first kappa shape index (κ1) is 13.4. The second kappa shape index (κ2) is 5.95. The van der Waals surface area contributed by atoms with Gasteiger partial charge in [0.05, 0.1) is 27.6 Å². The van der Waals surface area contributed by atoms with Crippen LogP contribution >= 0.6 is 0 Å².